The van der Waals surface area contributed by atoms with Crippen molar-refractivity contribution in [3.63, 3.8) is 0 Å². The monoisotopic (exact) mass is 398 g/mol. The Morgan fingerprint density at radius 2 is 2.00 bits per heavy atom. The number of nitro benzene ring substituents is 1. The minimum absolute atomic E-state index is 0.396. The molecule has 1 aromatic carbocycles. The first-order valence-electron chi connectivity index (χ1n) is 7.01. The first-order valence-corrected chi connectivity index (χ1v) is 8.45. The number of benzene rings is 1. The van der Waals surface area contributed by atoms with E-state index in [1.807, 2.05) is 0 Å². The summed E-state index contributed by atoms with van der Waals surface area (Å²) in [6, 6.07) is 2.52. The topological polar surface area (TPSA) is 127 Å². The summed E-state index contributed by atoms with van der Waals surface area (Å²) < 4.78 is 69.6. The van der Waals surface area contributed by atoms with Crippen LogP contribution in [0.25, 0.3) is 0 Å². The maximum atomic E-state index is 13.0. The van der Waals surface area contributed by atoms with Gasteiger partial charge in [0.25, 0.3) is 5.69 Å². The molecule has 0 spiro atoms. The number of carboxylic acids is 1. The van der Waals surface area contributed by atoms with E-state index < -0.39 is 68.3 Å². The highest BCUT2D eigenvalue weighted by Gasteiger charge is 2.55. The Kier molecular flexibility index (Phi) is 5.14. The van der Waals surface area contributed by atoms with Crippen molar-refractivity contribution in [2.75, 3.05) is 20.2 Å². The highest BCUT2D eigenvalue weighted by Crippen LogP contribution is 2.41. The Bertz CT molecular complexity index is 841. The number of hydrogen-bond donors (Lipinski definition) is 1. The molecular formula is C13H13F3N2O7S. The van der Waals surface area contributed by atoms with Gasteiger partial charge in [0, 0.05) is 19.2 Å². The standard InChI is InChI=1S/C13H13F3N2O7S/c1-25-10-4-7(18(21)22)2-3-11(10)26(23,24)17-5-8(12(19)20)9(6-17)13(14,15)16/h2-4,8-9H,5-6H2,1H3,(H,19,20)/t8-,9-/m1/s1. The number of carboxylic acid groups (broad SMARTS) is 1. The predicted octanol–water partition coefficient (Wildman–Crippen LogP) is 1.49. The molecule has 0 unspecified atom stereocenters. The smallest absolute Gasteiger partial charge is 0.393 e. The molecule has 1 aliphatic heterocycles. The molecule has 0 bridgehead atoms. The normalized spacial score (nSPS) is 21.5. The second-order valence-corrected chi connectivity index (χ2v) is 7.41. The van der Waals surface area contributed by atoms with Gasteiger partial charge in [-0.3, -0.25) is 14.9 Å². The largest absolute Gasteiger partial charge is 0.495 e. The zero-order valence-corrected chi connectivity index (χ0v) is 14.0. The van der Waals surface area contributed by atoms with Gasteiger partial charge in [0.2, 0.25) is 10.0 Å². The second kappa shape index (κ2) is 6.72. The summed E-state index contributed by atoms with van der Waals surface area (Å²) in [6.45, 7) is -1.94. The molecule has 0 amide bonds. The third-order valence-corrected chi connectivity index (χ3v) is 5.87. The number of aliphatic carboxylic acids is 1. The Balaban J connectivity index is 2.45. The van der Waals surface area contributed by atoms with Crippen molar-refractivity contribution < 1.29 is 41.2 Å². The molecule has 144 valence electrons. The molecule has 1 heterocycles. The SMILES string of the molecule is COc1cc([N+](=O)[O-])ccc1S(=O)(=O)N1C[C@@H](C(F)(F)F)[C@H](C(=O)O)C1. The van der Waals surface area contributed by atoms with Crippen LogP contribution in [0.5, 0.6) is 5.75 Å². The first-order chi connectivity index (χ1) is 11.9. The minimum atomic E-state index is -4.90. The number of halogens is 3. The molecular weight excluding hydrogens is 385 g/mol. The van der Waals surface area contributed by atoms with Crippen LogP contribution in [-0.2, 0) is 14.8 Å². The minimum Gasteiger partial charge on any atom is -0.495 e. The van der Waals surface area contributed by atoms with Gasteiger partial charge in [-0.05, 0) is 6.07 Å². The average Bonchev–Trinajstić information content (AvgIpc) is 3.00. The van der Waals surface area contributed by atoms with Crippen LogP contribution in [0.1, 0.15) is 0 Å². The van der Waals surface area contributed by atoms with Gasteiger partial charge in [-0.1, -0.05) is 0 Å². The fourth-order valence-corrected chi connectivity index (χ4v) is 4.30. The molecule has 0 radical (unpaired) electrons. The van der Waals surface area contributed by atoms with Crippen LogP contribution in [0.15, 0.2) is 23.1 Å². The number of carbonyl (C=O) groups is 1. The Morgan fingerprint density at radius 3 is 2.42 bits per heavy atom. The van der Waals surface area contributed by atoms with Crippen molar-refractivity contribution >= 4 is 21.7 Å². The lowest BCUT2D eigenvalue weighted by atomic mass is 9.96. The number of nitro groups is 1. The zero-order valence-electron chi connectivity index (χ0n) is 13.1. The number of alkyl halides is 3. The van der Waals surface area contributed by atoms with Gasteiger partial charge in [0.1, 0.15) is 10.6 Å². The van der Waals surface area contributed by atoms with E-state index in [-0.39, 0.29) is 0 Å². The van der Waals surface area contributed by atoms with E-state index in [0.717, 1.165) is 25.3 Å². The lowest BCUT2D eigenvalue weighted by molar-refractivity contribution is -0.385. The van der Waals surface area contributed by atoms with E-state index in [0.29, 0.717) is 4.31 Å². The molecule has 0 aromatic heterocycles. The molecule has 1 N–H and O–H groups in total. The van der Waals surface area contributed by atoms with Gasteiger partial charge in [0.15, 0.2) is 0 Å². The van der Waals surface area contributed by atoms with Crippen LogP contribution in [0.3, 0.4) is 0 Å². The second-order valence-electron chi connectivity index (χ2n) is 5.51. The predicted molar refractivity (Wildman–Crippen MR) is 79.1 cm³/mol. The van der Waals surface area contributed by atoms with E-state index in [9.17, 15) is 36.5 Å². The summed E-state index contributed by atoms with van der Waals surface area (Å²) >= 11 is 0. The summed E-state index contributed by atoms with van der Waals surface area (Å²) in [5, 5.41) is 19.7. The number of non-ortho nitro benzene ring substituents is 1. The van der Waals surface area contributed by atoms with E-state index in [1.54, 1.807) is 0 Å². The summed E-state index contributed by atoms with van der Waals surface area (Å²) in [5.74, 6) is -6.50. The summed E-state index contributed by atoms with van der Waals surface area (Å²) in [4.78, 5) is 20.5. The third kappa shape index (κ3) is 3.58. The molecule has 0 aliphatic carbocycles. The number of methoxy groups -OCH3 is 1. The summed E-state index contributed by atoms with van der Waals surface area (Å²) in [6.07, 6.45) is -4.90. The van der Waals surface area contributed by atoms with E-state index in [1.165, 1.54) is 0 Å². The molecule has 2 rings (SSSR count). The van der Waals surface area contributed by atoms with Gasteiger partial charge in [-0.15, -0.1) is 0 Å². The van der Waals surface area contributed by atoms with Crippen LogP contribution < -0.4 is 4.74 Å². The van der Waals surface area contributed by atoms with E-state index in [4.69, 9.17) is 9.84 Å². The Hall–Kier alpha value is -2.41. The molecule has 1 aromatic rings. The molecule has 9 nitrogen and oxygen atoms in total. The van der Waals surface area contributed by atoms with Gasteiger partial charge in [0.05, 0.1) is 29.9 Å². The van der Waals surface area contributed by atoms with Crippen molar-refractivity contribution in [1.29, 1.82) is 0 Å². The van der Waals surface area contributed by atoms with Crippen LogP contribution in [0, 0.1) is 22.0 Å². The van der Waals surface area contributed by atoms with Crippen molar-refractivity contribution in [3.8, 4) is 5.75 Å². The molecule has 26 heavy (non-hydrogen) atoms. The Labute approximate surface area is 145 Å². The van der Waals surface area contributed by atoms with E-state index in [2.05, 4.69) is 0 Å². The van der Waals surface area contributed by atoms with Gasteiger partial charge in [-0.2, -0.15) is 17.5 Å². The lowest BCUT2D eigenvalue weighted by Crippen LogP contribution is -2.34. The van der Waals surface area contributed by atoms with E-state index >= 15 is 0 Å². The molecule has 1 saturated heterocycles. The average molecular weight is 398 g/mol. The fraction of sp³-hybridized carbons (Fsp3) is 0.462. The van der Waals surface area contributed by atoms with Gasteiger partial charge < -0.3 is 9.84 Å². The first kappa shape index (κ1) is 19.9. The highest BCUT2D eigenvalue weighted by atomic mass is 32.2. The zero-order chi connectivity index (χ0) is 19.9. The summed E-state index contributed by atoms with van der Waals surface area (Å²) in [5.41, 5.74) is -0.473. The van der Waals surface area contributed by atoms with Crippen molar-refractivity contribution in [3.05, 3.63) is 28.3 Å². The number of sulfonamides is 1. The molecule has 2 atom stereocenters. The van der Waals surface area contributed by atoms with Crippen LogP contribution >= 0.6 is 0 Å². The van der Waals surface area contributed by atoms with Gasteiger partial charge in [-0.25, -0.2) is 8.42 Å². The molecule has 0 saturated carbocycles. The van der Waals surface area contributed by atoms with Crippen LogP contribution in [-0.4, -0.2) is 55.1 Å². The van der Waals surface area contributed by atoms with Crippen LogP contribution in [0.4, 0.5) is 18.9 Å². The molecule has 13 heteroatoms. The lowest BCUT2D eigenvalue weighted by Gasteiger charge is -2.19. The fourth-order valence-electron chi connectivity index (χ4n) is 2.67. The molecule has 1 fully saturated rings. The van der Waals surface area contributed by atoms with Crippen molar-refractivity contribution in [2.45, 2.75) is 11.1 Å². The van der Waals surface area contributed by atoms with Crippen LogP contribution in [0.2, 0.25) is 0 Å². The Morgan fingerprint density at radius 1 is 1.38 bits per heavy atom. The summed E-state index contributed by atoms with van der Waals surface area (Å²) in [7, 11) is -3.52. The van der Waals surface area contributed by atoms with Gasteiger partial charge >= 0.3 is 12.1 Å². The number of hydrogen-bond acceptors (Lipinski definition) is 6. The third-order valence-electron chi connectivity index (χ3n) is 4.00. The molecule has 1 aliphatic rings. The maximum absolute atomic E-state index is 13.0. The number of nitrogens with zero attached hydrogens (tertiary/aromatic N) is 2. The number of rotatable bonds is 5. The maximum Gasteiger partial charge on any atom is 0.393 e. The highest BCUT2D eigenvalue weighted by molar-refractivity contribution is 7.89. The van der Waals surface area contributed by atoms with Crippen molar-refractivity contribution in [2.24, 2.45) is 11.8 Å². The quantitative estimate of drug-likeness (QED) is 0.588. The number of ether oxygens (including phenoxy) is 1. The van der Waals surface area contributed by atoms with Crippen molar-refractivity contribution in [1.82, 2.24) is 4.31 Å².